The van der Waals surface area contributed by atoms with Gasteiger partial charge in [-0.1, -0.05) is 43.2 Å². The van der Waals surface area contributed by atoms with Crippen LogP contribution in [0, 0.1) is 23.6 Å². The van der Waals surface area contributed by atoms with E-state index in [-0.39, 0.29) is 18.3 Å². The van der Waals surface area contributed by atoms with Gasteiger partial charge in [0.15, 0.2) is 0 Å². The molecule has 1 saturated carbocycles. The lowest BCUT2D eigenvalue weighted by atomic mass is 9.75. The van der Waals surface area contributed by atoms with Gasteiger partial charge in [-0.25, -0.2) is 12.8 Å². The van der Waals surface area contributed by atoms with E-state index in [1.165, 1.54) is 5.56 Å². The second-order valence-corrected chi connectivity index (χ2v) is 13.8. The number of carbonyl (C=O) groups excluding carboxylic acids is 1. The zero-order valence-electron chi connectivity index (χ0n) is 24.5. The van der Waals surface area contributed by atoms with E-state index >= 15 is 0 Å². The van der Waals surface area contributed by atoms with Crippen LogP contribution in [0.25, 0.3) is 0 Å². The molecule has 1 aliphatic carbocycles. The average molecular weight is 588 g/mol. The highest BCUT2D eigenvalue weighted by Crippen LogP contribution is 2.40. The van der Waals surface area contributed by atoms with Gasteiger partial charge in [-0.3, -0.25) is 4.79 Å². The molecular formula is C32H46FN3O4S. The second kappa shape index (κ2) is 15.2. The van der Waals surface area contributed by atoms with Gasteiger partial charge in [0.05, 0.1) is 4.90 Å². The molecule has 2 aromatic carbocycles. The van der Waals surface area contributed by atoms with Crippen LogP contribution in [0.5, 0.6) is 0 Å². The number of rotatable bonds is 13. The first-order chi connectivity index (χ1) is 19.7. The van der Waals surface area contributed by atoms with E-state index in [1.807, 2.05) is 18.2 Å². The molecule has 1 saturated heterocycles. The lowest BCUT2D eigenvalue weighted by molar-refractivity contribution is -0.125. The molecular weight excluding hydrogens is 541 g/mol. The van der Waals surface area contributed by atoms with Crippen molar-refractivity contribution in [2.45, 2.75) is 62.3 Å². The maximum absolute atomic E-state index is 13.4. The van der Waals surface area contributed by atoms with E-state index in [1.54, 1.807) is 40.7 Å². The van der Waals surface area contributed by atoms with E-state index in [2.05, 4.69) is 24.3 Å². The van der Waals surface area contributed by atoms with Crippen LogP contribution in [0.15, 0.2) is 59.5 Å². The first-order valence-electron chi connectivity index (χ1n) is 15.1. The molecule has 9 heteroatoms. The average Bonchev–Trinajstić information content (AvgIpc) is 2.98. The molecule has 1 heterocycles. The molecule has 0 aromatic heterocycles. The van der Waals surface area contributed by atoms with Crippen LogP contribution in [-0.2, 0) is 19.6 Å². The maximum Gasteiger partial charge on any atom is 0.245 e. The van der Waals surface area contributed by atoms with Crippen LogP contribution in [0.4, 0.5) is 4.39 Å². The van der Waals surface area contributed by atoms with Gasteiger partial charge in [-0.2, -0.15) is 4.31 Å². The molecule has 1 atom stereocenters. The number of carbonyl (C=O) groups is 1. The molecule has 1 amide bonds. The van der Waals surface area contributed by atoms with Crippen LogP contribution >= 0.6 is 0 Å². The zero-order valence-corrected chi connectivity index (χ0v) is 25.3. The zero-order chi connectivity index (χ0) is 29.2. The summed E-state index contributed by atoms with van der Waals surface area (Å²) in [6, 6.07) is 15.8. The monoisotopic (exact) mass is 587 g/mol. The van der Waals surface area contributed by atoms with E-state index in [4.69, 9.17) is 4.74 Å². The summed E-state index contributed by atoms with van der Waals surface area (Å²) in [7, 11) is 0.768. The first-order valence-corrected chi connectivity index (χ1v) is 16.5. The van der Waals surface area contributed by atoms with E-state index in [0.29, 0.717) is 54.9 Å². The molecule has 2 aliphatic rings. The fourth-order valence-corrected chi connectivity index (χ4v) is 8.00. The molecule has 2 aromatic rings. The van der Waals surface area contributed by atoms with Crippen molar-refractivity contribution in [1.29, 1.82) is 0 Å². The third-order valence-electron chi connectivity index (χ3n) is 8.84. The number of nitrogens with one attached hydrogen (secondary N) is 1. The minimum atomic E-state index is -3.43. The van der Waals surface area contributed by atoms with Gasteiger partial charge in [-0.15, -0.1) is 0 Å². The summed E-state index contributed by atoms with van der Waals surface area (Å²) in [6.45, 7) is 2.28. The molecule has 2 fully saturated rings. The molecule has 1 N–H and O–H groups in total. The summed E-state index contributed by atoms with van der Waals surface area (Å²) in [5, 5.41) is 3.01. The lowest BCUT2D eigenvalue weighted by Gasteiger charge is -2.37. The fourth-order valence-electron chi connectivity index (χ4n) is 6.51. The fraction of sp³-hybridized carbons (Fsp3) is 0.594. The Morgan fingerprint density at radius 1 is 0.951 bits per heavy atom. The Hall–Kier alpha value is -2.33. The maximum atomic E-state index is 13.4. The van der Waals surface area contributed by atoms with Crippen LogP contribution in [0.1, 0.15) is 63.0 Å². The highest BCUT2D eigenvalue weighted by molar-refractivity contribution is 7.89. The van der Waals surface area contributed by atoms with Crippen molar-refractivity contribution in [3.05, 3.63) is 66.0 Å². The molecule has 41 heavy (non-hydrogen) atoms. The molecule has 1 aliphatic heterocycles. The summed E-state index contributed by atoms with van der Waals surface area (Å²) < 4.78 is 46.2. The molecule has 0 spiro atoms. The summed E-state index contributed by atoms with van der Waals surface area (Å²) >= 11 is 0. The van der Waals surface area contributed by atoms with Gasteiger partial charge in [0.25, 0.3) is 0 Å². The quantitative estimate of drug-likeness (QED) is 0.324. The molecule has 0 bridgehead atoms. The normalized spacial score (nSPS) is 21.6. The number of nitrogens with zero attached hydrogens (tertiary/aromatic N) is 2. The topological polar surface area (TPSA) is 79.0 Å². The van der Waals surface area contributed by atoms with E-state index in [0.717, 1.165) is 51.4 Å². The Labute approximate surface area is 245 Å². The van der Waals surface area contributed by atoms with Crippen molar-refractivity contribution in [2.24, 2.45) is 17.8 Å². The second-order valence-electron chi connectivity index (χ2n) is 11.9. The molecule has 4 rings (SSSR count). The van der Waals surface area contributed by atoms with Crippen molar-refractivity contribution >= 4 is 15.9 Å². The highest BCUT2D eigenvalue weighted by atomic mass is 32.2. The van der Waals surface area contributed by atoms with Crippen molar-refractivity contribution in [2.75, 3.05) is 46.9 Å². The van der Waals surface area contributed by atoms with Crippen LogP contribution in [0.2, 0.25) is 0 Å². The summed E-state index contributed by atoms with van der Waals surface area (Å²) in [5.74, 6) is 1.30. The summed E-state index contributed by atoms with van der Waals surface area (Å²) in [6.07, 6.45) is 8.00. The molecule has 7 nitrogen and oxygen atoms in total. The number of hydrogen-bond donors (Lipinski definition) is 1. The van der Waals surface area contributed by atoms with Gasteiger partial charge >= 0.3 is 0 Å². The third kappa shape index (κ3) is 9.08. The van der Waals surface area contributed by atoms with Gasteiger partial charge in [0, 0.05) is 32.3 Å². The predicted molar refractivity (Wildman–Crippen MR) is 159 cm³/mol. The van der Waals surface area contributed by atoms with Gasteiger partial charge in [0.1, 0.15) is 12.4 Å². The largest absolute Gasteiger partial charge is 0.372 e. The Kier molecular flexibility index (Phi) is 11.7. The summed E-state index contributed by atoms with van der Waals surface area (Å²) in [4.78, 5) is 14.9. The number of piperidine rings is 1. The Morgan fingerprint density at radius 3 is 2.22 bits per heavy atom. The number of hydrogen-bond acceptors (Lipinski definition) is 5. The smallest absolute Gasteiger partial charge is 0.245 e. The van der Waals surface area contributed by atoms with Gasteiger partial charge < -0.3 is 15.0 Å². The third-order valence-corrected chi connectivity index (χ3v) is 10.8. The van der Waals surface area contributed by atoms with Crippen molar-refractivity contribution < 1.29 is 22.3 Å². The first kappa shape index (κ1) is 31.6. The van der Waals surface area contributed by atoms with Crippen LogP contribution in [-0.4, -0.2) is 70.5 Å². The molecule has 1 unspecified atom stereocenters. The Balaban J connectivity index is 1.06. The number of benzene rings is 2. The number of amides is 1. The van der Waals surface area contributed by atoms with Gasteiger partial charge in [-0.05, 0) is 100 Å². The van der Waals surface area contributed by atoms with E-state index in [9.17, 15) is 17.6 Å². The number of sulfonamides is 1. The Bertz CT molecular complexity index is 1180. The summed E-state index contributed by atoms with van der Waals surface area (Å²) in [5.41, 5.74) is 1.17. The van der Waals surface area contributed by atoms with Gasteiger partial charge in [0.2, 0.25) is 15.9 Å². The molecule has 0 radical (unpaired) electrons. The standard InChI is InChI=1S/C32H46FN3O4S/c1-35(2)32(28-12-14-29(33)15-13-28)27-10-8-25(9-11-27)16-20-34-31(37)24-40-23-19-26-17-21-36(22-18-26)41(38,39)30-6-4-3-5-7-30/h3-7,12-15,25-27,32H,8-11,16-24H2,1-2H3,(H,34,37). The number of halogens is 1. The SMILES string of the molecule is CN(C)C(c1ccc(F)cc1)C1CCC(CCNC(=O)COCCC2CCN(S(=O)(=O)c3ccccc3)CC2)CC1. The minimum Gasteiger partial charge on any atom is -0.372 e. The lowest BCUT2D eigenvalue weighted by Crippen LogP contribution is -2.38. The Morgan fingerprint density at radius 2 is 1.59 bits per heavy atom. The van der Waals surface area contributed by atoms with Crippen LogP contribution < -0.4 is 5.32 Å². The molecule has 226 valence electrons. The van der Waals surface area contributed by atoms with E-state index < -0.39 is 10.0 Å². The number of ether oxygens (including phenoxy) is 1. The highest BCUT2D eigenvalue weighted by Gasteiger charge is 2.31. The van der Waals surface area contributed by atoms with Crippen molar-refractivity contribution in [1.82, 2.24) is 14.5 Å². The van der Waals surface area contributed by atoms with Crippen LogP contribution in [0.3, 0.4) is 0 Å². The van der Waals surface area contributed by atoms with Crippen molar-refractivity contribution in [3.63, 3.8) is 0 Å². The predicted octanol–water partition coefficient (Wildman–Crippen LogP) is 5.25. The minimum absolute atomic E-state index is 0.0656. The van der Waals surface area contributed by atoms with Crippen molar-refractivity contribution in [3.8, 4) is 0 Å².